The minimum absolute atomic E-state index is 0.139. The van der Waals surface area contributed by atoms with Gasteiger partial charge in [-0.3, -0.25) is 0 Å². The molecule has 0 unspecified atom stereocenters. The Bertz CT molecular complexity index is 571. The summed E-state index contributed by atoms with van der Waals surface area (Å²) in [6.07, 6.45) is 0.718. The molecule has 6 heteroatoms. The van der Waals surface area contributed by atoms with Gasteiger partial charge in [-0.05, 0) is 18.9 Å². The van der Waals surface area contributed by atoms with Crippen LogP contribution in [-0.4, -0.2) is 22.5 Å². The van der Waals surface area contributed by atoms with Gasteiger partial charge < -0.3 is 5.32 Å². The zero-order valence-electron chi connectivity index (χ0n) is 10.8. The van der Waals surface area contributed by atoms with E-state index >= 15 is 0 Å². The lowest BCUT2D eigenvalue weighted by Crippen LogP contribution is -2.03. The molecule has 0 fully saturated rings. The van der Waals surface area contributed by atoms with Gasteiger partial charge in [0, 0.05) is 7.05 Å². The molecule has 4 nitrogen and oxygen atoms in total. The molecule has 0 spiro atoms. The van der Waals surface area contributed by atoms with Crippen molar-refractivity contribution in [2.45, 2.75) is 22.9 Å². The molecule has 98 valence electrons. The number of anilines is 1. The predicted molar refractivity (Wildman–Crippen MR) is 79.6 cm³/mol. The summed E-state index contributed by atoms with van der Waals surface area (Å²) < 4.78 is 0.822. The first kappa shape index (κ1) is 13.8. The van der Waals surface area contributed by atoms with Crippen LogP contribution in [0.25, 0.3) is 0 Å². The highest BCUT2D eigenvalue weighted by atomic mass is 32.2. The molecule has 0 saturated heterocycles. The van der Waals surface area contributed by atoms with E-state index in [1.54, 1.807) is 0 Å². The molecule has 2 rings (SSSR count). The van der Waals surface area contributed by atoms with Gasteiger partial charge in [0.15, 0.2) is 4.34 Å². The van der Waals surface area contributed by atoms with E-state index < -0.39 is 0 Å². The van der Waals surface area contributed by atoms with Crippen LogP contribution in [0.3, 0.4) is 0 Å². The van der Waals surface area contributed by atoms with Crippen molar-refractivity contribution < 1.29 is 0 Å². The van der Waals surface area contributed by atoms with Crippen molar-refractivity contribution in [3.63, 3.8) is 0 Å². The standard InChI is InChI=1S/C13H14N4S2/c1-9-3-5-10(6-4-9)7-11(8-14)18-13-17-16-12(15-2)19-13/h3-6,11H,7H2,1-2H3,(H,15,16)/t11-/m0/s1. The third kappa shape index (κ3) is 3.94. The van der Waals surface area contributed by atoms with Crippen LogP contribution in [0.2, 0.25) is 0 Å². The lowest BCUT2D eigenvalue weighted by atomic mass is 10.1. The Balaban J connectivity index is 2.00. The lowest BCUT2D eigenvalue weighted by Gasteiger charge is -2.06. The van der Waals surface area contributed by atoms with E-state index in [0.29, 0.717) is 0 Å². The van der Waals surface area contributed by atoms with Crippen molar-refractivity contribution in [3.05, 3.63) is 35.4 Å². The van der Waals surface area contributed by atoms with Gasteiger partial charge in [-0.15, -0.1) is 10.2 Å². The van der Waals surface area contributed by atoms with Crippen LogP contribution in [0.5, 0.6) is 0 Å². The van der Waals surface area contributed by atoms with Gasteiger partial charge >= 0.3 is 0 Å². The Hall–Kier alpha value is -1.58. The molecule has 1 atom stereocenters. The first-order valence-corrected chi connectivity index (χ1v) is 7.54. The fourth-order valence-electron chi connectivity index (χ4n) is 1.53. The van der Waals surface area contributed by atoms with E-state index in [4.69, 9.17) is 0 Å². The molecular weight excluding hydrogens is 276 g/mol. The number of hydrogen-bond acceptors (Lipinski definition) is 6. The molecule has 1 heterocycles. The molecule has 0 amide bonds. The highest BCUT2D eigenvalue weighted by Gasteiger charge is 2.14. The molecule has 1 aromatic heterocycles. The predicted octanol–water partition coefficient (Wildman–Crippen LogP) is 3.12. The molecule has 0 saturated carbocycles. The fraction of sp³-hybridized carbons (Fsp3) is 0.308. The van der Waals surface area contributed by atoms with Crippen LogP contribution >= 0.6 is 23.1 Å². The van der Waals surface area contributed by atoms with Crippen LogP contribution in [-0.2, 0) is 6.42 Å². The normalized spacial score (nSPS) is 11.8. The van der Waals surface area contributed by atoms with Crippen molar-refractivity contribution in [1.29, 1.82) is 5.26 Å². The van der Waals surface area contributed by atoms with E-state index in [9.17, 15) is 5.26 Å². The van der Waals surface area contributed by atoms with Crippen LogP contribution < -0.4 is 5.32 Å². The Morgan fingerprint density at radius 2 is 2.11 bits per heavy atom. The van der Waals surface area contributed by atoms with Gasteiger partial charge in [0.1, 0.15) is 5.25 Å². The molecule has 1 aromatic carbocycles. The molecule has 1 N–H and O–H groups in total. The number of rotatable bonds is 5. The van der Waals surface area contributed by atoms with E-state index in [0.717, 1.165) is 15.9 Å². The van der Waals surface area contributed by atoms with Gasteiger partial charge in [-0.1, -0.05) is 52.9 Å². The molecule has 2 aromatic rings. The topological polar surface area (TPSA) is 61.6 Å². The third-order valence-corrected chi connectivity index (χ3v) is 4.66. The van der Waals surface area contributed by atoms with E-state index in [1.807, 2.05) is 7.05 Å². The maximum Gasteiger partial charge on any atom is 0.206 e. The number of nitriles is 1. The first-order valence-electron chi connectivity index (χ1n) is 5.84. The van der Waals surface area contributed by atoms with Gasteiger partial charge in [0.2, 0.25) is 5.13 Å². The summed E-state index contributed by atoms with van der Waals surface area (Å²) in [6.45, 7) is 2.06. The molecular formula is C13H14N4S2. The van der Waals surface area contributed by atoms with Crippen molar-refractivity contribution in [2.75, 3.05) is 12.4 Å². The van der Waals surface area contributed by atoms with Gasteiger partial charge in [-0.2, -0.15) is 5.26 Å². The second-order valence-corrected chi connectivity index (χ2v) is 6.48. The highest BCUT2D eigenvalue weighted by molar-refractivity contribution is 8.01. The van der Waals surface area contributed by atoms with Crippen LogP contribution in [0, 0.1) is 18.3 Å². The number of nitrogens with one attached hydrogen (secondary N) is 1. The number of aryl methyl sites for hydroxylation is 1. The van der Waals surface area contributed by atoms with E-state index in [2.05, 4.69) is 52.8 Å². The zero-order chi connectivity index (χ0) is 13.7. The van der Waals surface area contributed by atoms with Crippen LogP contribution in [0.15, 0.2) is 28.6 Å². The average Bonchev–Trinajstić information content (AvgIpc) is 2.88. The summed E-state index contributed by atoms with van der Waals surface area (Å²) in [5.41, 5.74) is 2.40. The minimum Gasteiger partial charge on any atom is -0.363 e. The molecule has 0 bridgehead atoms. The molecule has 0 aliphatic rings. The summed E-state index contributed by atoms with van der Waals surface area (Å²) in [4.78, 5) is 0. The highest BCUT2D eigenvalue weighted by Crippen LogP contribution is 2.30. The maximum absolute atomic E-state index is 9.24. The molecule has 19 heavy (non-hydrogen) atoms. The van der Waals surface area contributed by atoms with Gasteiger partial charge in [0.25, 0.3) is 0 Å². The summed E-state index contributed by atoms with van der Waals surface area (Å²) in [5, 5.41) is 20.8. The van der Waals surface area contributed by atoms with Crippen molar-refractivity contribution in [2.24, 2.45) is 0 Å². The van der Waals surface area contributed by atoms with E-state index in [-0.39, 0.29) is 5.25 Å². The summed E-state index contributed by atoms with van der Waals surface area (Å²) in [7, 11) is 1.81. The number of aromatic nitrogens is 2. The number of hydrogen-bond donors (Lipinski definition) is 1. The van der Waals surface area contributed by atoms with Crippen LogP contribution in [0.4, 0.5) is 5.13 Å². The maximum atomic E-state index is 9.24. The minimum atomic E-state index is -0.139. The fourth-order valence-corrected chi connectivity index (χ4v) is 3.40. The summed E-state index contributed by atoms with van der Waals surface area (Å²) in [6, 6.07) is 10.6. The number of benzene rings is 1. The third-order valence-electron chi connectivity index (χ3n) is 2.55. The van der Waals surface area contributed by atoms with Crippen LogP contribution in [0.1, 0.15) is 11.1 Å². The van der Waals surface area contributed by atoms with E-state index in [1.165, 1.54) is 34.2 Å². The van der Waals surface area contributed by atoms with Crippen molar-refractivity contribution >= 4 is 28.2 Å². The summed E-state index contributed by atoms with van der Waals surface area (Å²) in [5.74, 6) is 0. The second-order valence-electron chi connectivity index (χ2n) is 4.05. The Morgan fingerprint density at radius 1 is 1.37 bits per heavy atom. The van der Waals surface area contributed by atoms with Gasteiger partial charge in [0.05, 0.1) is 6.07 Å². The van der Waals surface area contributed by atoms with Gasteiger partial charge in [-0.25, -0.2) is 0 Å². The first-order chi connectivity index (χ1) is 9.21. The lowest BCUT2D eigenvalue weighted by molar-refractivity contribution is 0.989. The van der Waals surface area contributed by atoms with Crippen molar-refractivity contribution in [3.8, 4) is 6.07 Å². The summed E-state index contributed by atoms with van der Waals surface area (Å²) >= 11 is 2.94. The SMILES string of the molecule is CNc1nnc(S[C@H](C#N)Cc2ccc(C)cc2)s1. The largest absolute Gasteiger partial charge is 0.363 e. The smallest absolute Gasteiger partial charge is 0.206 e. The second kappa shape index (κ2) is 6.55. The molecule has 0 aliphatic heterocycles. The monoisotopic (exact) mass is 290 g/mol. The van der Waals surface area contributed by atoms with Crippen molar-refractivity contribution in [1.82, 2.24) is 10.2 Å². The molecule has 0 radical (unpaired) electrons. The zero-order valence-corrected chi connectivity index (χ0v) is 12.4. The average molecular weight is 290 g/mol. The number of nitrogens with zero attached hydrogens (tertiary/aromatic N) is 3. The quantitative estimate of drug-likeness (QED) is 0.857. The Kier molecular flexibility index (Phi) is 4.77. The molecule has 0 aliphatic carbocycles. The Morgan fingerprint density at radius 3 is 2.68 bits per heavy atom. The number of thioether (sulfide) groups is 1. The Labute approximate surface area is 120 Å².